The van der Waals surface area contributed by atoms with Gasteiger partial charge in [-0.05, 0) is 40.3 Å². The molecule has 0 bridgehead atoms. The summed E-state index contributed by atoms with van der Waals surface area (Å²) in [5, 5.41) is 7.08. The van der Waals surface area contributed by atoms with Crippen molar-refractivity contribution >= 4 is 22.6 Å². The van der Waals surface area contributed by atoms with Crippen LogP contribution >= 0.6 is 22.6 Å². The van der Waals surface area contributed by atoms with E-state index >= 15 is 0 Å². The van der Waals surface area contributed by atoms with Crippen molar-refractivity contribution in [3.63, 3.8) is 0 Å². The van der Waals surface area contributed by atoms with Crippen LogP contribution in [0.15, 0.2) is 35.2 Å². The molecule has 1 heterocycles. The highest BCUT2D eigenvalue weighted by molar-refractivity contribution is 14.1. The molecule has 4 nitrogen and oxygen atoms in total. The highest BCUT2D eigenvalue weighted by atomic mass is 127. The van der Waals surface area contributed by atoms with Crippen molar-refractivity contribution in [1.29, 1.82) is 0 Å². The first-order valence-corrected chi connectivity index (χ1v) is 6.13. The van der Waals surface area contributed by atoms with E-state index in [0.717, 1.165) is 25.3 Å². The van der Waals surface area contributed by atoms with Crippen LogP contribution in [-0.2, 0) is 13.0 Å². The summed E-state index contributed by atoms with van der Waals surface area (Å²) in [5.74, 6) is 0.745. The molecule has 84 valence electrons. The minimum atomic E-state index is 0.745. The third-order valence-electron chi connectivity index (χ3n) is 2.17. The van der Waals surface area contributed by atoms with Crippen LogP contribution in [-0.4, -0.2) is 16.7 Å². The van der Waals surface area contributed by atoms with Gasteiger partial charge in [0.15, 0.2) is 5.82 Å². The zero-order valence-electron chi connectivity index (χ0n) is 8.69. The minimum Gasteiger partial charge on any atom is -0.343 e. The normalized spacial score (nSPS) is 10.6. The predicted octanol–water partition coefficient (Wildman–Crippen LogP) is 2.01. The van der Waals surface area contributed by atoms with Crippen molar-refractivity contribution in [2.24, 2.45) is 0 Å². The van der Waals surface area contributed by atoms with Gasteiger partial charge in [-0.25, -0.2) is 0 Å². The number of halogens is 1. The van der Waals surface area contributed by atoms with E-state index < -0.39 is 0 Å². The summed E-state index contributed by atoms with van der Waals surface area (Å²) in [6.07, 6.45) is 2.15. The number of hydrogen-bond acceptors (Lipinski definition) is 4. The SMILES string of the molecule is Ic1ccc(CNCCc2ncon2)cc1. The average molecular weight is 329 g/mol. The number of nitrogens with one attached hydrogen (secondary N) is 1. The van der Waals surface area contributed by atoms with Gasteiger partial charge in [0, 0.05) is 23.1 Å². The summed E-state index contributed by atoms with van der Waals surface area (Å²) < 4.78 is 5.91. The molecule has 0 fully saturated rings. The minimum absolute atomic E-state index is 0.745. The lowest BCUT2D eigenvalue weighted by molar-refractivity contribution is 0.409. The Balaban J connectivity index is 1.70. The van der Waals surface area contributed by atoms with Gasteiger partial charge in [-0.15, -0.1) is 0 Å². The first kappa shape index (κ1) is 11.5. The summed E-state index contributed by atoms with van der Waals surface area (Å²) in [5.41, 5.74) is 1.29. The van der Waals surface area contributed by atoms with E-state index in [2.05, 4.69) is 66.8 Å². The second-order valence-electron chi connectivity index (χ2n) is 3.40. The molecule has 0 aliphatic carbocycles. The van der Waals surface area contributed by atoms with Crippen LogP contribution in [0.25, 0.3) is 0 Å². The lowest BCUT2D eigenvalue weighted by Crippen LogP contribution is -2.17. The van der Waals surface area contributed by atoms with Crippen LogP contribution in [0, 0.1) is 3.57 Å². The fourth-order valence-electron chi connectivity index (χ4n) is 1.34. The average Bonchev–Trinajstić information content (AvgIpc) is 2.80. The fraction of sp³-hybridized carbons (Fsp3) is 0.273. The molecule has 0 atom stereocenters. The summed E-state index contributed by atoms with van der Waals surface area (Å²) in [4.78, 5) is 3.95. The number of benzene rings is 1. The van der Waals surface area contributed by atoms with E-state index in [1.54, 1.807) is 0 Å². The molecule has 0 unspecified atom stereocenters. The van der Waals surface area contributed by atoms with Gasteiger partial charge in [0.05, 0.1) is 0 Å². The zero-order valence-corrected chi connectivity index (χ0v) is 10.8. The van der Waals surface area contributed by atoms with Crippen LogP contribution in [0.2, 0.25) is 0 Å². The molecule has 0 aliphatic rings. The topological polar surface area (TPSA) is 51.0 Å². The Labute approximate surface area is 108 Å². The molecule has 0 aliphatic heterocycles. The smallest absolute Gasteiger partial charge is 0.213 e. The molecule has 2 aromatic rings. The van der Waals surface area contributed by atoms with Gasteiger partial charge in [0.25, 0.3) is 0 Å². The molecule has 1 aromatic carbocycles. The lowest BCUT2D eigenvalue weighted by Gasteiger charge is -2.03. The third-order valence-corrected chi connectivity index (χ3v) is 2.89. The van der Waals surface area contributed by atoms with Crippen molar-refractivity contribution in [2.45, 2.75) is 13.0 Å². The van der Waals surface area contributed by atoms with Crippen LogP contribution in [0.3, 0.4) is 0 Å². The van der Waals surface area contributed by atoms with Crippen molar-refractivity contribution in [2.75, 3.05) is 6.54 Å². The summed E-state index contributed by atoms with van der Waals surface area (Å²) in [6, 6.07) is 8.47. The van der Waals surface area contributed by atoms with Gasteiger partial charge in [0.2, 0.25) is 6.39 Å². The van der Waals surface area contributed by atoms with Gasteiger partial charge in [-0.2, -0.15) is 4.98 Å². The molecule has 2 rings (SSSR count). The van der Waals surface area contributed by atoms with E-state index in [1.165, 1.54) is 15.5 Å². The quantitative estimate of drug-likeness (QED) is 0.673. The molecule has 0 spiro atoms. The number of nitrogens with zero attached hydrogens (tertiary/aromatic N) is 2. The number of hydrogen-bond donors (Lipinski definition) is 1. The summed E-state index contributed by atoms with van der Waals surface area (Å²) in [6.45, 7) is 1.72. The van der Waals surface area contributed by atoms with Crippen LogP contribution in [0.4, 0.5) is 0 Å². The number of aromatic nitrogens is 2. The molecule has 5 heteroatoms. The van der Waals surface area contributed by atoms with Gasteiger partial charge in [-0.1, -0.05) is 17.3 Å². The number of rotatable bonds is 5. The first-order chi connectivity index (χ1) is 7.84. The maximum Gasteiger partial charge on any atom is 0.213 e. The molecule has 1 aromatic heterocycles. The zero-order chi connectivity index (χ0) is 11.2. The Morgan fingerprint density at radius 3 is 2.75 bits per heavy atom. The Morgan fingerprint density at radius 1 is 1.25 bits per heavy atom. The molecule has 16 heavy (non-hydrogen) atoms. The Bertz CT molecular complexity index is 413. The maximum atomic E-state index is 4.65. The van der Waals surface area contributed by atoms with E-state index in [9.17, 15) is 0 Å². The molecule has 0 saturated heterocycles. The molecule has 0 saturated carbocycles. The van der Waals surface area contributed by atoms with Gasteiger partial charge >= 0.3 is 0 Å². The second-order valence-corrected chi connectivity index (χ2v) is 4.65. The van der Waals surface area contributed by atoms with Gasteiger partial charge in [0.1, 0.15) is 0 Å². The Hall–Kier alpha value is -0.950. The van der Waals surface area contributed by atoms with Gasteiger partial charge in [-0.3, -0.25) is 0 Å². The molecular weight excluding hydrogens is 317 g/mol. The maximum absolute atomic E-state index is 4.65. The van der Waals surface area contributed by atoms with Crippen molar-refractivity contribution in [3.05, 3.63) is 45.6 Å². The molecular formula is C11H12IN3O. The predicted molar refractivity (Wildman–Crippen MR) is 68.9 cm³/mol. The summed E-state index contributed by atoms with van der Waals surface area (Å²) >= 11 is 2.30. The summed E-state index contributed by atoms with van der Waals surface area (Å²) in [7, 11) is 0. The fourth-order valence-corrected chi connectivity index (χ4v) is 1.70. The Kier molecular flexibility index (Phi) is 4.29. The van der Waals surface area contributed by atoms with Crippen LogP contribution in [0.1, 0.15) is 11.4 Å². The highest BCUT2D eigenvalue weighted by Gasteiger charge is 1.97. The van der Waals surface area contributed by atoms with E-state index in [-0.39, 0.29) is 0 Å². The van der Waals surface area contributed by atoms with Crippen molar-refractivity contribution < 1.29 is 4.52 Å². The molecule has 0 amide bonds. The van der Waals surface area contributed by atoms with Gasteiger partial charge < -0.3 is 9.84 Å². The monoisotopic (exact) mass is 329 g/mol. The van der Waals surface area contributed by atoms with Crippen LogP contribution in [0.5, 0.6) is 0 Å². The molecule has 1 N–H and O–H groups in total. The third kappa shape index (κ3) is 3.57. The van der Waals surface area contributed by atoms with E-state index in [1.807, 2.05) is 0 Å². The largest absolute Gasteiger partial charge is 0.343 e. The molecule has 0 radical (unpaired) electrons. The van der Waals surface area contributed by atoms with Crippen molar-refractivity contribution in [3.8, 4) is 0 Å². The van der Waals surface area contributed by atoms with E-state index in [0.29, 0.717) is 0 Å². The van der Waals surface area contributed by atoms with Crippen molar-refractivity contribution in [1.82, 2.24) is 15.5 Å². The van der Waals surface area contributed by atoms with Crippen LogP contribution < -0.4 is 5.32 Å². The first-order valence-electron chi connectivity index (χ1n) is 5.05. The Morgan fingerprint density at radius 2 is 2.06 bits per heavy atom. The second kappa shape index (κ2) is 5.95. The lowest BCUT2D eigenvalue weighted by atomic mass is 10.2. The highest BCUT2D eigenvalue weighted by Crippen LogP contribution is 2.06. The standard InChI is InChI=1S/C11H12IN3O/c12-10-3-1-9(2-4-10)7-13-6-5-11-14-8-16-15-11/h1-4,8,13H,5-7H2. The van der Waals surface area contributed by atoms with E-state index in [4.69, 9.17) is 0 Å².